The number of halogens is 1. The minimum Gasteiger partial charge on any atom is -0.493 e. The summed E-state index contributed by atoms with van der Waals surface area (Å²) in [5.74, 6) is 3.40. The number of amides is 2. The molecule has 9 nitrogen and oxygen atoms in total. The van der Waals surface area contributed by atoms with Crippen molar-refractivity contribution < 1.29 is 28.5 Å². The molecular weight excluding hydrogens is 529 g/mol. The molecule has 2 aromatic carbocycles. The van der Waals surface area contributed by atoms with Gasteiger partial charge in [0.15, 0.2) is 23.0 Å². The van der Waals surface area contributed by atoms with Crippen LogP contribution in [0.3, 0.4) is 0 Å². The van der Waals surface area contributed by atoms with E-state index >= 15 is 0 Å². The molecule has 0 aliphatic heterocycles. The maximum absolute atomic E-state index is 12.3. The summed E-state index contributed by atoms with van der Waals surface area (Å²) in [5.41, 5.74) is 3.36. The third kappa shape index (κ3) is 6.78. The van der Waals surface area contributed by atoms with Gasteiger partial charge in [0.25, 0.3) is 11.8 Å². The topological polar surface area (TPSA) is 107 Å². The van der Waals surface area contributed by atoms with Gasteiger partial charge < -0.3 is 24.3 Å². The van der Waals surface area contributed by atoms with Gasteiger partial charge in [0, 0.05) is 5.56 Å². The Balaban J connectivity index is 1.93. The molecule has 2 amide bonds. The first-order chi connectivity index (χ1) is 15.4. The maximum atomic E-state index is 12.3. The van der Waals surface area contributed by atoms with Crippen LogP contribution in [0, 0.1) is 15.9 Å². The standard InChI is InChI=1S/C22H22IN3O6/c1-5-8-32-21-16(23)9-14(10-19(21)31-4)12-25-26-20(27)13-24-22(28)15-6-7-17(29-2)18(11-15)30-3/h1,6-7,9-12H,8,13H2,2-4H3,(H,24,28)(H,26,27). The van der Waals surface area contributed by atoms with Gasteiger partial charge in [-0.3, -0.25) is 9.59 Å². The number of nitrogens with one attached hydrogen (secondary N) is 2. The molecule has 32 heavy (non-hydrogen) atoms. The van der Waals surface area contributed by atoms with E-state index in [1.54, 1.807) is 24.3 Å². The average molecular weight is 551 g/mol. The summed E-state index contributed by atoms with van der Waals surface area (Å²) in [6.07, 6.45) is 6.67. The smallest absolute Gasteiger partial charge is 0.259 e. The fraction of sp³-hybridized carbons (Fsp3) is 0.227. The second-order valence-corrected chi connectivity index (χ2v) is 7.23. The van der Waals surface area contributed by atoms with Gasteiger partial charge in [0.2, 0.25) is 0 Å². The molecule has 0 radical (unpaired) electrons. The number of benzene rings is 2. The number of terminal acetylenes is 1. The Hall–Kier alpha value is -3.46. The molecule has 168 valence electrons. The Morgan fingerprint density at radius 3 is 2.47 bits per heavy atom. The van der Waals surface area contributed by atoms with Gasteiger partial charge in [-0.05, 0) is 58.5 Å². The molecule has 2 rings (SSSR count). The van der Waals surface area contributed by atoms with Crippen molar-refractivity contribution in [3.8, 4) is 35.3 Å². The Morgan fingerprint density at radius 1 is 1.09 bits per heavy atom. The van der Waals surface area contributed by atoms with Crippen LogP contribution in [0.4, 0.5) is 0 Å². The summed E-state index contributed by atoms with van der Waals surface area (Å²) in [4.78, 5) is 24.3. The fourth-order valence-electron chi connectivity index (χ4n) is 2.53. The molecule has 0 aromatic heterocycles. The molecule has 2 aromatic rings. The van der Waals surface area contributed by atoms with Gasteiger partial charge in [0.05, 0.1) is 37.7 Å². The zero-order valence-corrected chi connectivity index (χ0v) is 19.9. The first kappa shape index (κ1) is 24.8. The summed E-state index contributed by atoms with van der Waals surface area (Å²) in [7, 11) is 4.48. The highest BCUT2D eigenvalue weighted by Crippen LogP contribution is 2.33. The quantitative estimate of drug-likeness (QED) is 0.203. The predicted molar refractivity (Wildman–Crippen MR) is 128 cm³/mol. The lowest BCUT2D eigenvalue weighted by Gasteiger charge is -2.11. The Labute approximate surface area is 199 Å². The normalized spacial score (nSPS) is 10.2. The summed E-state index contributed by atoms with van der Waals surface area (Å²) in [6, 6.07) is 8.19. The van der Waals surface area contributed by atoms with Gasteiger partial charge in [-0.2, -0.15) is 5.10 Å². The van der Waals surface area contributed by atoms with Crippen molar-refractivity contribution in [2.45, 2.75) is 0 Å². The minimum absolute atomic E-state index is 0.116. The first-order valence-electron chi connectivity index (χ1n) is 9.19. The highest BCUT2D eigenvalue weighted by atomic mass is 127. The van der Waals surface area contributed by atoms with Crippen molar-refractivity contribution in [2.75, 3.05) is 34.5 Å². The molecule has 10 heteroatoms. The Morgan fingerprint density at radius 2 is 1.81 bits per heavy atom. The van der Waals surface area contributed by atoms with E-state index in [2.05, 4.69) is 44.4 Å². The van der Waals surface area contributed by atoms with Crippen LogP contribution in [-0.4, -0.2) is 52.5 Å². The zero-order chi connectivity index (χ0) is 23.5. The van der Waals surface area contributed by atoms with Gasteiger partial charge in [0.1, 0.15) is 6.61 Å². The van der Waals surface area contributed by atoms with Crippen LogP contribution < -0.4 is 29.7 Å². The van der Waals surface area contributed by atoms with Gasteiger partial charge in [-0.1, -0.05) is 5.92 Å². The number of hydrogen-bond acceptors (Lipinski definition) is 7. The third-order valence-electron chi connectivity index (χ3n) is 4.01. The minimum atomic E-state index is -0.495. The number of carbonyl (C=O) groups is 2. The van der Waals surface area contributed by atoms with E-state index in [1.165, 1.54) is 33.6 Å². The van der Waals surface area contributed by atoms with E-state index in [0.717, 1.165) is 3.57 Å². The monoisotopic (exact) mass is 551 g/mol. The molecule has 0 bridgehead atoms. The van der Waals surface area contributed by atoms with Crippen molar-refractivity contribution in [1.82, 2.24) is 10.7 Å². The van der Waals surface area contributed by atoms with E-state index in [0.29, 0.717) is 34.1 Å². The van der Waals surface area contributed by atoms with Crippen LogP contribution in [-0.2, 0) is 4.79 Å². The number of ether oxygens (including phenoxy) is 4. The molecule has 0 aliphatic rings. The number of hydrogen-bond donors (Lipinski definition) is 2. The summed E-state index contributed by atoms with van der Waals surface area (Å²) < 4.78 is 21.9. The van der Waals surface area contributed by atoms with E-state index < -0.39 is 11.8 Å². The average Bonchev–Trinajstić information content (AvgIpc) is 2.80. The van der Waals surface area contributed by atoms with Gasteiger partial charge in [-0.15, -0.1) is 6.42 Å². The second-order valence-electron chi connectivity index (χ2n) is 6.07. The van der Waals surface area contributed by atoms with E-state index in [1.807, 2.05) is 0 Å². The molecule has 0 heterocycles. The summed E-state index contributed by atoms with van der Waals surface area (Å²) in [6.45, 7) is -0.144. The first-order valence-corrected chi connectivity index (χ1v) is 10.3. The molecule has 0 saturated carbocycles. The highest BCUT2D eigenvalue weighted by Gasteiger charge is 2.13. The van der Waals surface area contributed by atoms with Crippen LogP contribution in [0.25, 0.3) is 0 Å². The van der Waals surface area contributed by atoms with E-state index in [9.17, 15) is 9.59 Å². The van der Waals surface area contributed by atoms with Crippen LogP contribution >= 0.6 is 22.6 Å². The zero-order valence-electron chi connectivity index (χ0n) is 17.7. The van der Waals surface area contributed by atoms with Gasteiger partial charge in [-0.25, -0.2) is 5.43 Å². The molecule has 0 aliphatic carbocycles. The maximum Gasteiger partial charge on any atom is 0.259 e. The van der Waals surface area contributed by atoms with Crippen LogP contribution in [0.2, 0.25) is 0 Å². The third-order valence-corrected chi connectivity index (χ3v) is 4.81. The van der Waals surface area contributed by atoms with Gasteiger partial charge >= 0.3 is 0 Å². The van der Waals surface area contributed by atoms with Crippen LogP contribution in [0.1, 0.15) is 15.9 Å². The SMILES string of the molecule is C#CCOc1c(I)cc(C=NNC(=O)CNC(=O)c2ccc(OC)c(OC)c2)cc1OC. The summed E-state index contributed by atoms with van der Waals surface area (Å²) >= 11 is 2.09. The number of methoxy groups -OCH3 is 3. The molecule has 0 atom stereocenters. The van der Waals surface area contributed by atoms with E-state index in [4.69, 9.17) is 25.4 Å². The van der Waals surface area contributed by atoms with E-state index in [-0.39, 0.29) is 13.2 Å². The molecule has 0 saturated heterocycles. The van der Waals surface area contributed by atoms with Crippen molar-refractivity contribution in [1.29, 1.82) is 0 Å². The predicted octanol–water partition coefficient (Wildman–Crippen LogP) is 2.21. The molecule has 0 unspecified atom stereocenters. The highest BCUT2D eigenvalue weighted by molar-refractivity contribution is 14.1. The fourth-order valence-corrected chi connectivity index (χ4v) is 3.31. The Bertz CT molecular complexity index is 1050. The van der Waals surface area contributed by atoms with Crippen molar-refractivity contribution in [3.63, 3.8) is 0 Å². The summed E-state index contributed by atoms with van der Waals surface area (Å²) in [5, 5.41) is 6.42. The lowest BCUT2D eigenvalue weighted by molar-refractivity contribution is -0.120. The van der Waals surface area contributed by atoms with Crippen molar-refractivity contribution in [3.05, 3.63) is 45.0 Å². The largest absolute Gasteiger partial charge is 0.493 e. The molecule has 2 N–H and O–H groups in total. The van der Waals surface area contributed by atoms with Crippen molar-refractivity contribution >= 4 is 40.6 Å². The molecular formula is C22H22IN3O6. The molecule has 0 spiro atoms. The van der Waals surface area contributed by atoms with Crippen LogP contribution in [0.15, 0.2) is 35.4 Å². The van der Waals surface area contributed by atoms with Crippen molar-refractivity contribution in [2.24, 2.45) is 5.10 Å². The second kappa shape index (κ2) is 12.4. The van der Waals surface area contributed by atoms with Crippen LogP contribution in [0.5, 0.6) is 23.0 Å². The molecule has 0 fully saturated rings. The number of rotatable bonds is 10. The lowest BCUT2D eigenvalue weighted by atomic mass is 10.2. The lowest BCUT2D eigenvalue weighted by Crippen LogP contribution is -2.34. The Kier molecular flexibility index (Phi) is 9.62. The number of nitrogens with zero attached hydrogens (tertiary/aromatic N) is 1. The number of carbonyl (C=O) groups excluding carboxylic acids is 2. The number of hydrazone groups is 1.